The standard InChI is InChI=1S/C15H28N2O3/c1-3-5-14(19)17-10-7-12(8-11-17)15(20)16-9-6-13(18)4-2/h12-13,18H,3-11H2,1-2H3,(H,16,20). The van der Waals surface area contributed by atoms with Gasteiger partial charge >= 0.3 is 0 Å². The number of carbonyl (C=O) groups excluding carboxylic acids is 2. The Morgan fingerprint density at radius 1 is 1.30 bits per heavy atom. The molecule has 5 nitrogen and oxygen atoms in total. The van der Waals surface area contributed by atoms with Gasteiger partial charge in [0.1, 0.15) is 0 Å². The van der Waals surface area contributed by atoms with E-state index in [9.17, 15) is 14.7 Å². The molecule has 0 radical (unpaired) electrons. The zero-order valence-corrected chi connectivity index (χ0v) is 12.7. The molecular weight excluding hydrogens is 256 g/mol. The molecule has 116 valence electrons. The van der Waals surface area contributed by atoms with Gasteiger partial charge in [-0.1, -0.05) is 13.8 Å². The third-order valence-electron chi connectivity index (χ3n) is 3.93. The molecule has 2 N–H and O–H groups in total. The molecule has 0 aromatic carbocycles. The fraction of sp³-hybridized carbons (Fsp3) is 0.867. The van der Waals surface area contributed by atoms with Gasteiger partial charge in [0.25, 0.3) is 0 Å². The summed E-state index contributed by atoms with van der Waals surface area (Å²) in [7, 11) is 0. The van der Waals surface area contributed by atoms with Crippen molar-refractivity contribution in [2.24, 2.45) is 5.92 Å². The number of piperidine rings is 1. The highest BCUT2D eigenvalue weighted by molar-refractivity contribution is 5.80. The summed E-state index contributed by atoms with van der Waals surface area (Å²) in [6.45, 7) is 5.84. The van der Waals surface area contributed by atoms with Gasteiger partial charge in [-0.15, -0.1) is 0 Å². The van der Waals surface area contributed by atoms with E-state index in [1.165, 1.54) is 0 Å². The third kappa shape index (κ3) is 5.49. The van der Waals surface area contributed by atoms with Crippen LogP contribution in [0.5, 0.6) is 0 Å². The van der Waals surface area contributed by atoms with Gasteiger partial charge in [0.15, 0.2) is 0 Å². The molecule has 1 aliphatic heterocycles. The summed E-state index contributed by atoms with van der Waals surface area (Å²) < 4.78 is 0. The van der Waals surface area contributed by atoms with Gasteiger partial charge in [0, 0.05) is 32.0 Å². The number of hydrogen-bond donors (Lipinski definition) is 2. The van der Waals surface area contributed by atoms with Crippen molar-refractivity contribution < 1.29 is 14.7 Å². The van der Waals surface area contributed by atoms with Gasteiger partial charge in [-0.3, -0.25) is 9.59 Å². The first-order valence-electron chi connectivity index (χ1n) is 7.82. The van der Waals surface area contributed by atoms with Crippen LogP contribution >= 0.6 is 0 Å². The maximum atomic E-state index is 12.0. The third-order valence-corrected chi connectivity index (χ3v) is 3.93. The van der Waals surface area contributed by atoms with E-state index in [1.807, 2.05) is 18.7 Å². The monoisotopic (exact) mass is 284 g/mol. The zero-order chi connectivity index (χ0) is 15.0. The molecule has 0 aromatic heterocycles. The highest BCUT2D eigenvalue weighted by Gasteiger charge is 2.26. The second kappa shape index (κ2) is 8.95. The van der Waals surface area contributed by atoms with Gasteiger partial charge in [-0.2, -0.15) is 0 Å². The van der Waals surface area contributed by atoms with Crippen molar-refractivity contribution in [2.45, 2.75) is 58.5 Å². The molecule has 0 bridgehead atoms. The maximum Gasteiger partial charge on any atom is 0.223 e. The van der Waals surface area contributed by atoms with E-state index in [0.29, 0.717) is 38.9 Å². The number of aliphatic hydroxyl groups excluding tert-OH is 1. The number of carbonyl (C=O) groups is 2. The van der Waals surface area contributed by atoms with Crippen LogP contribution in [0.25, 0.3) is 0 Å². The molecule has 0 aliphatic carbocycles. The maximum absolute atomic E-state index is 12.0. The summed E-state index contributed by atoms with van der Waals surface area (Å²) in [4.78, 5) is 25.6. The van der Waals surface area contributed by atoms with E-state index in [1.54, 1.807) is 0 Å². The molecule has 0 aromatic rings. The number of hydrogen-bond acceptors (Lipinski definition) is 3. The number of nitrogens with one attached hydrogen (secondary N) is 1. The average Bonchev–Trinajstić information content (AvgIpc) is 2.47. The lowest BCUT2D eigenvalue weighted by atomic mass is 9.95. The van der Waals surface area contributed by atoms with Crippen LogP contribution in [-0.2, 0) is 9.59 Å². The van der Waals surface area contributed by atoms with Crippen LogP contribution in [0.15, 0.2) is 0 Å². The van der Waals surface area contributed by atoms with Gasteiger partial charge in [0.2, 0.25) is 11.8 Å². The second-order valence-electron chi connectivity index (χ2n) is 5.55. The quantitative estimate of drug-likeness (QED) is 0.740. The molecule has 2 amide bonds. The van der Waals surface area contributed by atoms with Crippen LogP contribution in [-0.4, -0.2) is 47.6 Å². The lowest BCUT2D eigenvalue weighted by Crippen LogP contribution is -2.43. The Bertz CT molecular complexity index is 312. The number of rotatable bonds is 7. The molecular formula is C15H28N2O3. The van der Waals surface area contributed by atoms with Crippen LogP contribution in [0.1, 0.15) is 52.4 Å². The Labute approximate surface area is 121 Å². The summed E-state index contributed by atoms with van der Waals surface area (Å²) in [5, 5.41) is 12.3. The fourth-order valence-corrected chi connectivity index (χ4v) is 2.47. The Morgan fingerprint density at radius 2 is 1.95 bits per heavy atom. The topological polar surface area (TPSA) is 69.6 Å². The number of amides is 2. The Kier molecular flexibility index (Phi) is 7.59. The molecule has 1 heterocycles. The van der Waals surface area contributed by atoms with Crippen LogP contribution in [0.4, 0.5) is 0 Å². The normalized spacial score (nSPS) is 17.9. The highest BCUT2D eigenvalue weighted by Crippen LogP contribution is 2.18. The van der Waals surface area contributed by atoms with E-state index in [0.717, 1.165) is 19.3 Å². The largest absolute Gasteiger partial charge is 0.393 e. The zero-order valence-electron chi connectivity index (χ0n) is 12.7. The highest BCUT2D eigenvalue weighted by atomic mass is 16.3. The van der Waals surface area contributed by atoms with Crippen LogP contribution in [0, 0.1) is 5.92 Å². The van der Waals surface area contributed by atoms with E-state index in [4.69, 9.17) is 0 Å². The lowest BCUT2D eigenvalue weighted by Gasteiger charge is -2.31. The van der Waals surface area contributed by atoms with Crippen molar-refractivity contribution in [1.29, 1.82) is 0 Å². The van der Waals surface area contributed by atoms with Crippen molar-refractivity contribution in [3.63, 3.8) is 0 Å². The SMILES string of the molecule is CCCC(=O)N1CCC(C(=O)NCCC(O)CC)CC1. The van der Waals surface area contributed by atoms with Gasteiger partial charge < -0.3 is 15.3 Å². The van der Waals surface area contributed by atoms with Crippen molar-refractivity contribution in [2.75, 3.05) is 19.6 Å². The second-order valence-corrected chi connectivity index (χ2v) is 5.55. The van der Waals surface area contributed by atoms with Crippen molar-refractivity contribution in [3.8, 4) is 0 Å². The molecule has 0 saturated carbocycles. The fourth-order valence-electron chi connectivity index (χ4n) is 2.47. The van der Waals surface area contributed by atoms with Crippen molar-refractivity contribution in [3.05, 3.63) is 0 Å². The minimum absolute atomic E-state index is 0.0134. The summed E-state index contributed by atoms with van der Waals surface area (Å²) in [6.07, 6.45) is 3.97. The molecule has 20 heavy (non-hydrogen) atoms. The number of likely N-dealkylation sites (tertiary alicyclic amines) is 1. The van der Waals surface area contributed by atoms with Gasteiger partial charge in [-0.25, -0.2) is 0 Å². The van der Waals surface area contributed by atoms with E-state index in [2.05, 4.69) is 5.32 Å². The minimum atomic E-state index is -0.330. The smallest absolute Gasteiger partial charge is 0.223 e. The molecule has 1 saturated heterocycles. The van der Waals surface area contributed by atoms with E-state index >= 15 is 0 Å². The Hall–Kier alpha value is -1.10. The summed E-state index contributed by atoms with van der Waals surface area (Å²) in [5.74, 6) is 0.285. The average molecular weight is 284 g/mol. The predicted octanol–water partition coefficient (Wildman–Crippen LogP) is 1.30. The van der Waals surface area contributed by atoms with Gasteiger partial charge in [-0.05, 0) is 32.1 Å². The molecule has 1 fully saturated rings. The van der Waals surface area contributed by atoms with E-state index < -0.39 is 0 Å². The number of aliphatic hydroxyl groups is 1. The summed E-state index contributed by atoms with van der Waals surface area (Å²) in [6, 6.07) is 0. The first-order valence-corrected chi connectivity index (χ1v) is 7.82. The lowest BCUT2D eigenvalue weighted by molar-refractivity contribution is -0.135. The number of nitrogens with zero attached hydrogens (tertiary/aromatic N) is 1. The molecule has 1 atom stereocenters. The van der Waals surface area contributed by atoms with Crippen LogP contribution in [0.3, 0.4) is 0 Å². The molecule has 1 aliphatic rings. The molecule has 5 heteroatoms. The van der Waals surface area contributed by atoms with E-state index in [-0.39, 0.29) is 23.8 Å². The Balaban J connectivity index is 2.23. The van der Waals surface area contributed by atoms with Crippen molar-refractivity contribution >= 4 is 11.8 Å². The predicted molar refractivity (Wildman–Crippen MR) is 78.1 cm³/mol. The summed E-state index contributed by atoms with van der Waals surface area (Å²) in [5.41, 5.74) is 0. The molecule has 1 rings (SSSR count). The first kappa shape index (κ1) is 17.0. The van der Waals surface area contributed by atoms with Gasteiger partial charge in [0.05, 0.1) is 6.10 Å². The Morgan fingerprint density at radius 3 is 2.50 bits per heavy atom. The molecule has 1 unspecified atom stereocenters. The first-order chi connectivity index (χ1) is 9.58. The van der Waals surface area contributed by atoms with Crippen LogP contribution in [0.2, 0.25) is 0 Å². The molecule has 0 spiro atoms. The van der Waals surface area contributed by atoms with Crippen LogP contribution < -0.4 is 5.32 Å². The minimum Gasteiger partial charge on any atom is -0.393 e. The van der Waals surface area contributed by atoms with Crippen molar-refractivity contribution in [1.82, 2.24) is 10.2 Å². The summed E-state index contributed by atoms with van der Waals surface area (Å²) >= 11 is 0.